The van der Waals surface area contributed by atoms with Crippen LogP contribution in [0.4, 0.5) is 0 Å². The highest BCUT2D eigenvalue weighted by Crippen LogP contribution is 2.20. The van der Waals surface area contributed by atoms with Crippen molar-refractivity contribution in [3.05, 3.63) is 0 Å². The molecule has 1 aliphatic heterocycles. The molecule has 1 saturated heterocycles. The van der Waals surface area contributed by atoms with Crippen molar-refractivity contribution in [2.24, 2.45) is 0 Å². The first-order chi connectivity index (χ1) is 8.22. The number of likely N-dealkylation sites (N-methyl/N-ethyl adjacent to an activating group) is 1. The third-order valence-electron chi connectivity index (χ3n) is 3.91. The molecule has 0 aromatic heterocycles. The summed E-state index contributed by atoms with van der Waals surface area (Å²) in [6.07, 6.45) is 4.76. The van der Waals surface area contributed by atoms with Crippen molar-refractivity contribution in [2.45, 2.75) is 57.7 Å². The van der Waals surface area contributed by atoms with Crippen molar-refractivity contribution in [3.8, 4) is 0 Å². The van der Waals surface area contributed by atoms with Gasteiger partial charge in [0.1, 0.15) is 0 Å². The zero-order valence-corrected chi connectivity index (χ0v) is 11.0. The minimum Gasteiger partial charge on any atom is -0.352 e. The van der Waals surface area contributed by atoms with E-state index in [1.54, 1.807) is 0 Å². The Morgan fingerprint density at radius 3 is 2.76 bits per heavy atom. The molecule has 0 radical (unpaired) electrons. The van der Waals surface area contributed by atoms with Crippen molar-refractivity contribution < 1.29 is 4.79 Å². The first kappa shape index (κ1) is 12.8. The van der Waals surface area contributed by atoms with Crippen LogP contribution in [0.25, 0.3) is 0 Å². The van der Waals surface area contributed by atoms with Crippen LogP contribution >= 0.6 is 0 Å². The molecule has 0 spiro atoms. The van der Waals surface area contributed by atoms with E-state index < -0.39 is 0 Å². The van der Waals surface area contributed by atoms with Gasteiger partial charge in [0, 0.05) is 18.6 Å². The Kier molecular flexibility index (Phi) is 4.40. The number of nitrogens with one attached hydrogen (secondary N) is 2. The van der Waals surface area contributed by atoms with E-state index in [0.717, 1.165) is 32.5 Å². The number of rotatable bonds is 5. The van der Waals surface area contributed by atoms with Crippen molar-refractivity contribution in [3.63, 3.8) is 0 Å². The van der Waals surface area contributed by atoms with Crippen LogP contribution in [0.15, 0.2) is 0 Å². The van der Waals surface area contributed by atoms with E-state index in [2.05, 4.69) is 22.5 Å². The quantitative estimate of drug-likeness (QED) is 0.743. The van der Waals surface area contributed by atoms with Gasteiger partial charge in [0.2, 0.25) is 5.91 Å². The Labute approximate surface area is 104 Å². The minimum absolute atomic E-state index is 0.00509. The van der Waals surface area contributed by atoms with Crippen molar-refractivity contribution in [1.29, 1.82) is 0 Å². The van der Waals surface area contributed by atoms with Gasteiger partial charge < -0.3 is 10.6 Å². The zero-order valence-electron chi connectivity index (χ0n) is 11.0. The third-order valence-corrected chi connectivity index (χ3v) is 3.91. The van der Waals surface area contributed by atoms with Crippen LogP contribution in [0.1, 0.15) is 39.5 Å². The first-order valence-corrected chi connectivity index (χ1v) is 6.99. The molecule has 1 amide bonds. The summed E-state index contributed by atoms with van der Waals surface area (Å²) in [6, 6.07) is 0.993. The summed E-state index contributed by atoms with van der Waals surface area (Å²) in [5.41, 5.74) is 0. The van der Waals surface area contributed by atoms with Gasteiger partial charge in [-0.15, -0.1) is 0 Å². The molecule has 1 heterocycles. The van der Waals surface area contributed by atoms with Gasteiger partial charge in [0.25, 0.3) is 0 Å². The molecular formula is C13H25N3O. The predicted molar refractivity (Wildman–Crippen MR) is 68.9 cm³/mol. The van der Waals surface area contributed by atoms with E-state index in [1.165, 1.54) is 12.8 Å². The highest BCUT2D eigenvalue weighted by atomic mass is 16.2. The lowest BCUT2D eigenvalue weighted by Gasteiger charge is -2.37. The van der Waals surface area contributed by atoms with Crippen LogP contribution in [0.5, 0.6) is 0 Å². The highest BCUT2D eigenvalue weighted by Gasteiger charge is 2.31. The normalized spacial score (nSPS) is 26.9. The SMILES string of the molecule is CCN(C1CCCNC1)C(C)C(=O)NC1CC1. The van der Waals surface area contributed by atoms with Gasteiger partial charge in [0.15, 0.2) is 0 Å². The second-order valence-corrected chi connectivity index (χ2v) is 5.29. The Morgan fingerprint density at radius 2 is 2.24 bits per heavy atom. The Bertz CT molecular complexity index is 259. The average Bonchev–Trinajstić information content (AvgIpc) is 3.15. The Balaban J connectivity index is 1.88. The Hall–Kier alpha value is -0.610. The molecule has 17 heavy (non-hydrogen) atoms. The van der Waals surface area contributed by atoms with Gasteiger partial charge in [0.05, 0.1) is 6.04 Å². The summed E-state index contributed by atoms with van der Waals surface area (Å²) in [4.78, 5) is 14.4. The maximum atomic E-state index is 12.1. The first-order valence-electron chi connectivity index (χ1n) is 6.99. The molecule has 2 unspecified atom stereocenters. The van der Waals surface area contributed by atoms with E-state index in [4.69, 9.17) is 0 Å². The van der Waals surface area contributed by atoms with Gasteiger partial charge in [-0.25, -0.2) is 0 Å². The second kappa shape index (κ2) is 5.83. The summed E-state index contributed by atoms with van der Waals surface area (Å²) in [5.74, 6) is 0.208. The van der Waals surface area contributed by atoms with Crippen LogP contribution in [-0.4, -0.2) is 48.6 Å². The summed E-state index contributed by atoms with van der Waals surface area (Å²) in [6.45, 7) is 7.28. The van der Waals surface area contributed by atoms with Crippen molar-refractivity contribution in [1.82, 2.24) is 15.5 Å². The monoisotopic (exact) mass is 239 g/mol. The maximum Gasteiger partial charge on any atom is 0.237 e. The molecule has 2 atom stereocenters. The lowest BCUT2D eigenvalue weighted by atomic mass is 10.0. The Morgan fingerprint density at radius 1 is 1.47 bits per heavy atom. The van der Waals surface area contributed by atoms with Crippen LogP contribution in [0, 0.1) is 0 Å². The number of hydrogen-bond acceptors (Lipinski definition) is 3. The van der Waals surface area contributed by atoms with Crippen LogP contribution in [0.2, 0.25) is 0 Å². The molecule has 1 saturated carbocycles. The standard InChI is InChI=1S/C13H25N3O/c1-3-16(12-5-4-8-14-9-12)10(2)13(17)15-11-6-7-11/h10-12,14H,3-9H2,1-2H3,(H,15,17). The van der Waals surface area contributed by atoms with Crippen LogP contribution in [0.3, 0.4) is 0 Å². The van der Waals surface area contributed by atoms with E-state index in [0.29, 0.717) is 12.1 Å². The fraction of sp³-hybridized carbons (Fsp3) is 0.923. The third kappa shape index (κ3) is 3.42. The summed E-state index contributed by atoms with van der Waals surface area (Å²) < 4.78 is 0. The molecule has 4 nitrogen and oxygen atoms in total. The molecule has 2 fully saturated rings. The molecule has 2 aliphatic rings. The van der Waals surface area contributed by atoms with Gasteiger partial charge in [-0.3, -0.25) is 9.69 Å². The molecule has 98 valence electrons. The fourth-order valence-electron chi connectivity index (χ4n) is 2.66. The minimum atomic E-state index is 0.00509. The van der Waals surface area contributed by atoms with Gasteiger partial charge in [-0.05, 0) is 45.7 Å². The molecule has 0 aromatic rings. The van der Waals surface area contributed by atoms with E-state index >= 15 is 0 Å². The fourth-order valence-corrected chi connectivity index (χ4v) is 2.66. The number of amides is 1. The number of hydrogen-bond donors (Lipinski definition) is 2. The van der Waals surface area contributed by atoms with E-state index in [9.17, 15) is 4.79 Å². The molecule has 2 N–H and O–H groups in total. The number of piperidine rings is 1. The van der Waals surface area contributed by atoms with E-state index in [-0.39, 0.29) is 11.9 Å². The lowest BCUT2D eigenvalue weighted by molar-refractivity contribution is -0.127. The largest absolute Gasteiger partial charge is 0.352 e. The number of carbonyl (C=O) groups excluding carboxylic acids is 1. The topological polar surface area (TPSA) is 44.4 Å². The average molecular weight is 239 g/mol. The van der Waals surface area contributed by atoms with E-state index in [1.807, 2.05) is 6.92 Å². The molecular weight excluding hydrogens is 214 g/mol. The molecule has 0 aromatic carbocycles. The van der Waals surface area contributed by atoms with Crippen LogP contribution in [-0.2, 0) is 4.79 Å². The summed E-state index contributed by atoms with van der Waals surface area (Å²) in [5, 5.41) is 6.53. The highest BCUT2D eigenvalue weighted by molar-refractivity contribution is 5.81. The maximum absolute atomic E-state index is 12.1. The van der Waals surface area contributed by atoms with Crippen LogP contribution < -0.4 is 10.6 Å². The smallest absolute Gasteiger partial charge is 0.237 e. The number of carbonyl (C=O) groups is 1. The second-order valence-electron chi connectivity index (χ2n) is 5.29. The molecule has 2 rings (SSSR count). The van der Waals surface area contributed by atoms with Gasteiger partial charge >= 0.3 is 0 Å². The van der Waals surface area contributed by atoms with Gasteiger partial charge in [-0.1, -0.05) is 6.92 Å². The zero-order chi connectivity index (χ0) is 12.3. The van der Waals surface area contributed by atoms with Crippen molar-refractivity contribution >= 4 is 5.91 Å². The van der Waals surface area contributed by atoms with Gasteiger partial charge in [-0.2, -0.15) is 0 Å². The number of nitrogens with zero attached hydrogens (tertiary/aromatic N) is 1. The lowest BCUT2D eigenvalue weighted by Crippen LogP contribution is -2.54. The summed E-state index contributed by atoms with van der Waals surface area (Å²) in [7, 11) is 0. The van der Waals surface area contributed by atoms with Crippen molar-refractivity contribution in [2.75, 3.05) is 19.6 Å². The summed E-state index contributed by atoms with van der Waals surface area (Å²) >= 11 is 0. The molecule has 4 heteroatoms. The molecule has 0 bridgehead atoms. The molecule has 1 aliphatic carbocycles. The predicted octanol–water partition coefficient (Wildman–Crippen LogP) is 0.727.